The number of thiol groups is 1. The summed E-state index contributed by atoms with van der Waals surface area (Å²) in [5, 5.41) is 52.5. The molecule has 0 bridgehead atoms. The van der Waals surface area contributed by atoms with Crippen LogP contribution in [-0.4, -0.2) is 87.5 Å². The summed E-state index contributed by atoms with van der Waals surface area (Å²) >= 11 is 35.7. The second kappa shape index (κ2) is 68.0. The number of furan rings is 1. The largest absolute Gasteiger partial charge is 1.00 e. The Kier molecular flexibility index (Phi) is 61.8. The Morgan fingerprint density at radius 3 is 1.21 bits per heavy atom. The Labute approximate surface area is 943 Å². The normalized spacial score (nSPS) is 9.64. The number of methoxy groups -OCH3 is 4. The molecule has 1 heterocycles. The van der Waals surface area contributed by atoms with Crippen molar-refractivity contribution in [3.8, 4) is 62.1 Å². The van der Waals surface area contributed by atoms with Gasteiger partial charge in [-0.3, -0.25) is 13.9 Å². The van der Waals surface area contributed by atoms with Crippen LogP contribution in [0.1, 0.15) is 17.7 Å². The summed E-state index contributed by atoms with van der Waals surface area (Å²) in [5.41, 5.74) is 5.75. The zero-order chi connectivity index (χ0) is 95.9. The molecule has 13 nitrogen and oxygen atoms in total. The first kappa shape index (κ1) is 122. The van der Waals surface area contributed by atoms with E-state index in [0.717, 1.165) is 85.5 Å². The van der Waals surface area contributed by atoms with E-state index in [-0.39, 0.29) is 163 Å². The van der Waals surface area contributed by atoms with Crippen LogP contribution in [0.15, 0.2) is 359 Å². The van der Waals surface area contributed by atoms with Crippen molar-refractivity contribution >= 4 is 272 Å². The zero-order valence-corrected chi connectivity index (χ0v) is 92.4. The number of hydrogen-bond acceptors (Lipinski definition) is 14. The Balaban J connectivity index is 0.000000770. The molecule has 1 radical (unpaired) electrons. The minimum Gasteiger partial charge on any atom is -1.00 e. The van der Waals surface area contributed by atoms with E-state index in [1.165, 1.54) is 58.3 Å². The molecule has 34 heteroatoms. The maximum atomic E-state index is 14.1. The first-order chi connectivity index (χ1) is 63.3. The second-order valence-corrected chi connectivity index (χ2v) is 37.0. The predicted octanol–water partition coefficient (Wildman–Crippen LogP) is 25.8. The van der Waals surface area contributed by atoms with Gasteiger partial charge in [0.25, 0.3) is 6.47 Å². The molecule has 0 aliphatic rings. The van der Waals surface area contributed by atoms with Crippen LogP contribution in [0.2, 0.25) is 0 Å². The standard InChI is InChI=1S/C17H12BrFO.C17H13FO.C16H10BrFO.C16H9BrO.C11H11BO3.C11H10O.C6H4BrF.CH2Cl2.CH3F.CH4NP.CH2O3.2CH4.BBr3.BHNS.2K.H/c1-20-17-14(13-8-4-5-9-15(13)19)10-11-6-2-3-7-12(11)16(17)18;1-19-17-11-13-7-3-2-6-12(13)10-15(17)14-8-4-5-9-16(14)18;17-15-11-6-2-1-5-10(11)9-13(16(15)19)12-7-3-4-8-14(12)18;17-15-11-6-2-1-5-10(11)9-13-12-7-3-4-8-14(12)18-16(13)15;1-15-11-7-9-5-3-2-4-8(9)6-10(11)12(13)14;1-12-11-7-6-9-4-2-3-5-10(9)8-11;7-5-3-1-2-4-6(5)8;2-1-3;1-2;1-2-3;2-1-4-3;;;2-1(3)4;1-2-3;;;/h2-10H,1H3;2-11H,1H3;1-9,19H;1-9H;2-7,13-14H,1H3;2-8H,1H3;1-4H;1H2;1H3;3H,1H3;1,3H;2*1H4;;3H;;;/q;;;;;;;;;;;;;;;2*+1;-1/p-1/i;;;;;;;;1D;;;;;;;;;. The van der Waals surface area contributed by atoms with Crippen molar-refractivity contribution in [2.75, 3.05) is 48.0 Å². The number of carbonyl (C=O) groups excluding carboxylic acids is 1. The number of para-hydroxylation sites is 1. The van der Waals surface area contributed by atoms with Gasteiger partial charge in [-0.1, -0.05) is 258 Å². The molecule has 0 aliphatic carbocycles. The fourth-order valence-electron chi connectivity index (χ4n) is 12.6. The molecule has 0 saturated carbocycles. The molecule has 0 amide bonds. The van der Waals surface area contributed by atoms with E-state index in [2.05, 4.69) is 203 Å². The van der Waals surface area contributed by atoms with Gasteiger partial charge in [0.2, 0.25) is 0 Å². The van der Waals surface area contributed by atoms with Crippen molar-refractivity contribution in [2.24, 2.45) is 9.05 Å². The third-order valence-corrected chi connectivity index (χ3v) is 21.2. The number of phenols is 1. The smallest absolute Gasteiger partial charge is 1.00 e. The fourth-order valence-corrected chi connectivity index (χ4v) is 14.9. The number of phenolic OH excluding ortho intramolecular Hbond substituents is 1. The summed E-state index contributed by atoms with van der Waals surface area (Å²) in [4.78, 5) is 11.2. The third-order valence-electron chi connectivity index (χ3n) is 18.2. The Hall–Kier alpha value is -6.24. The molecule has 18 rings (SSSR count). The van der Waals surface area contributed by atoms with Gasteiger partial charge in [0.15, 0.2) is 0 Å². The third kappa shape index (κ3) is 37.4. The van der Waals surface area contributed by atoms with E-state index in [4.69, 9.17) is 58.0 Å². The van der Waals surface area contributed by atoms with Crippen LogP contribution in [0.3, 0.4) is 0 Å². The quantitative estimate of drug-likeness (QED) is 0.0158. The van der Waals surface area contributed by atoms with Gasteiger partial charge in [-0.05, 0) is 222 Å². The zero-order valence-electron chi connectivity index (χ0n) is 73.6. The Morgan fingerprint density at radius 2 is 0.799 bits per heavy atom. The summed E-state index contributed by atoms with van der Waals surface area (Å²) in [6, 6.07) is 102. The van der Waals surface area contributed by atoms with Crippen molar-refractivity contribution < 1.29 is 181 Å². The minimum absolute atomic E-state index is 0. The first-order valence-electron chi connectivity index (χ1n) is 38.7. The minimum atomic E-state index is -1.51. The van der Waals surface area contributed by atoms with Crippen LogP contribution in [0, 0.1) is 23.3 Å². The number of aromatic hydroxyl groups is 1. The molecular formula is C100H89B3Br7Cl2F5K2N2O11PS. The van der Waals surface area contributed by atoms with Crippen molar-refractivity contribution in [3.63, 3.8) is 0 Å². The predicted molar refractivity (Wildman–Crippen MR) is 574 cm³/mol. The van der Waals surface area contributed by atoms with Gasteiger partial charge in [0.1, 0.15) is 63.2 Å². The van der Waals surface area contributed by atoms with Gasteiger partial charge in [0.05, 0.1) is 60.2 Å². The van der Waals surface area contributed by atoms with Gasteiger partial charge in [-0.25, -0.2) is 17.6 Å². The maximum Gasteiger partial charge on any atom is 1.00 e. The number of benzene rings is 17. The SMILES string of the molecule is BrB(Br)Br.Brc1c2ccccc2cc2c1oc1ccccc12.C.C.CN=P.COc1c(-c2ccccc2F)cc2ccccc2c1Br.COc1cc2ccccc2cc1-c1ccccc1F.COc1cc2ccccc2cc1B(O)O.COc1ccc2ccccc2c1.ClCCl.Fc1ccccc1Br.O=CO[O-].Oc1c(-c2ccccc2F)cc2ccccc2c1Br.[2H]CF.[B]=NS.[H-].[K+].[K+]. The van der Waals surface area contributed by atoms with Gasteiger partial charge < -0.3 is 50.1 Å². The number of rotatable bonds is 9. The van der Waals surface area contributed by atoms with Gasteiger partial charge in [-0.2, -0.15) is 0 Å². The summed E-state index contributed by atoms with van der Waals surface area (Å²) in [7, 11) is 12.7. The van der Waals surface area contributed by atoms with Crippen molar-refractivity contribution in [2.45, 2.75) is 14.9 Å². The molecule has 134 heavy (non-hydrogen) atoms. The fraction of sp³-hybridized carbons (Fsp3) is 0.0900. The van der Waals surface area contributed by atoms with Crippen LogP contribution in [0.4, 0.5) is 22.0 Å². The van der Waals surface area contributed by atoms with Gasteiger partial charge in [0, 0.05) is 56.7 Å². The van der Waals surface area contributed by atoms with E-state index in [1.54, 1.807) is 107 Å². The van der Waals surface area contributed by atoms with Crippen LogP contribution in [-0.2, 0) is 9.68 Å². The van der Waals surface area contributed by atoms with E-state index in [9.17, 15) is 37.1 Å². The van der Waals surface area contributed by atoms with Gasteiger partial charge in [-0.15, -0.1) is 70.5 Å². The second-order valence-electron chi connectivity index (χ2n) is 25.8. The van der Waals surface area contributed by atoms with Crippen LogP contribution >= 0.6 is 156 Å². The van der Waals surface area contributed by atoms with Crippen molar-refractivity contribution in [3.05, 3.63) is 369 Å². The number of alkyl halides is 3. The number of halogens is 14. The molecule has 17 aromatic carbocycles. The molecule has 0 spiro atoms. The Bertz CT molecular complexity index is 6700. The Morgan fingerprint density at radius 1 is 0.470 bits per heavy atom. The van der Waals surface area contributed by atoms with Crippen molar-refractivity contribution in [1.29, 1.82) is 0 Å². The number of nitrogens with zero attached hydrogens (tertiary/aromatic N) is 2. The average Bonchev–Trinajstić information content (AvgIpc) is 1.56. The van der Waals surface area contributed by atoms with E-state index in [0.29, 0.717) is 53.9 Å². The number of carbonyl (C=O) groups is 1. The molecule has 0 aliphatic heterocycles. The van der Waals surface area contributed by atoms with Gasteiger partial charge >= 0.3 is 138 Å². The first-order valence-corrected chi connectivity index (χ1v) is 45.8. The molecule has 0 atom stereocenters. The topological polar surface area (TPSA) is 185 Å². The maximum absolute atomic E-state index is 14.1. The van der Waals surface area contributed by atoms with E-state index < -0.39 is 14.3 Å². The molecule has 18 aromatic rings. The molecule has 3 N–H and O–H groups in total. The van der Waals surface area contributed by atoms with E-state index >= 15 is 0 Å². The van der Waals surface area contributed by atoms with Crippen molar-refractivity contribution in [1.82, 2.24) is 0 Å². The number of ether oxygens (including phenoxy) is 4. The average molecular weight is 2390 g/mol. The monoisotopic (exact) mass is 2390 g/mol. The summed E-state index contributed by atoms with van der Waals surface area (Å²) in [5.74, 6) is 1.73. The number of hydrogen-bond donors (Lipinski definition) is 4. The van der Waals surface area contributed by atoms with E-state index in [1.807, 2.05) is 176 Å². The number of fused-ring (bicyclic) bond motifs is 9. The molecule has 0 saturated heterocycles. The summed E-state index contributed by atoms with van der Waals surface area (Å²) in [6.45, 7) is -0.181. The van der Waals surface area contributed by atoms with Crippen LogP contribution < -0.4 is 132 Å². The molecule has 0 unspecified atom stereocenters. The molecule has 1 aromatic heterocycles. The summed E-state index contributed by atoms with van der Waals surface area (Å²) in [6.07, 6.45) is 0. The van der Waals surface area contributed by atoms with Crippen LogP contribution in [0.25, 0.3) is 120 Å². The molecular weight excluding hydrogens is 2300 g/mol. The van der Waals surface area contributed by atoms with Crippen LogP contribution in [0.5, 0.6) is 28.7 Å². The molecule has 0 fully saturated rings. The molecule has 685 valence electrons. The summed E-state index contributed by atoms with van der Waals surface area (Å²) < 4.78 is 106.